The number of piperidine rings is 1. The van der Waals surface area contributed by atoms with Gasteiger partial charge in [-0.05, 0) is 24.8 Å². The maximum absolute atomic E-state index is 5.72. The van der Waals surface area contributed by atoms with E-state index in [1.165, 1.54) is 0 Å². The summed E-state index contributed by atoms with van der Waals surface area (Å²) >= 11 is 0. The fourth-order valence-electron chi connectivity index (χ4n) is 2.43. The highest BCUT2D eigenvalue weighted by molar-refractivity contribution is 5.25. The first-order chi connectivity index (χ1) is 9.60. The van der Waals surface area contributed by atoms with E-state index in [2.05, 4.69) is 41.2 Å². The summed E-state index contributed by atoms with van der Waals surface area (Å²) in [5.41, 5.74) is 0. The minimum absolute atomic E-state index is 0.234. The average molecular weight is 282 g/mol. The van der Waals surface area contributed by atoms with E-state index in [0.29, 0.717) is 30.3 Å². The molecular formula is C14H26N4O2. The second-order valence-corrected chi connectivity index (χ2v) is 5.99. The molecule has 1 aliphatic rings. The molecule has 0 bridgehead atoms. The Balaban J connectivity index is 1.88. The standard InChI is InChI=1S/C14H26N4O2/c1-10(2)7-15-8-13-16-17-14(20-13)18-6-5-11(3)12(9-18)19-4/h10-12,15H,5-9H2,1-4H3. The van der Waals surface area contributed by atoms with E-state index in [1.54, 1.807) is 7.11 Å². The average Bonchev–Trinajstić information content (AvgIpc) is 2.87. The highest BCUT2D eigenvalue weighted by Gasteiger charge is 2.28. The molecule has 114 valence electrons. The molecule has 2 heterocycles. The first kappa shape index (κ1) is 15.3. The smallest absolute Gasteiger partial charge is 0.318 e. The molecule has 20 heavy (non-hydrogen) atoms. The summed E-state index contributed by atoms with van der Waals surface area (Å²) in [6, 6.07) is 0.611. The molecule has 2 unspecified atom stereocenters. The molecule has 6 heteroatoms. The number of aromatic nitrogens is 2. The van der Waals surface area contributed by atoms with Gasteiger partial charge in [-0.2, -0.15) is 0 Å². The van der Waals surface area contributed by atoms with E-state index in [4.69, 9.17) is 9.15 Å². The molecule has 1 aromatic heterocycles. The fourth-order valence-corrected chi connectivity index (χ4v) is 2.43. The number of hydrogen-bond donors (Lipinski definition) is 1. The normalized spacial score (nSPS) is 23.6. The van der Waals surface area contributed by atoms with E-state index < -0.39 is 0 Å². The minimum atomic E-state index is 0.234. The molecule has 0 aromatic carbocycles. The Hall–Kier alpha value is -1.14. The topological polar surface area (TPSA) is 63.4 Å². The van der Waals surface area contributed by atoms with Crippen molar-refractivity contribution in [2.45, 2.75) is 39.8 Å². The van der Waals surface area contributed by atoms with Crippen molar-refractivity contribution in [1.29, 1.82) is 0 Å². The Kier molecular flexibility index (Phi) is 5.37. The summed E-state index contributed by atoms with van der Waals surface area (Å²) in [5.74, 6) is 1.84. The largest absolute Gasteiger partial charge is 0.407 e. The van der Waals surface area contributed by atoms with Gasteiger partial charge in [-0.15, -0.1) is 5.10 Å². The van der Waals surface area contributed by atoms with Gasteiger partial charge in [0.25, 0.3) is 0 Å². The molecule has 0 spiro atoms. The van der Waals surface area contributed by atoms with Gasteiger partial charge in [0.15, 0.2) is 0 Å². The fraction of sp³-hybridized carbons (Fsp3) is 0.857. The monoisotopic (exact) mass is 282 g/mol. The summed E-state index contributed by atoms with van der Waals surface area (Å²) in [7, 11) is 1.76. The van der Waals surface area contributed by atoms with Gasteiger partial charge in [0, 0.05) is 20.2 Å². The van der Waals surface area contributed by atoms with Crippen LogP contribution >= 0.6 is 0 Å². The number of nitrogens with zero attached hydrogens (tertiary/aromatic N) is 3. The van der Waals surface area contributed by atoms with Crippen molar-refractivity contribution in [3.63, 3.8) is 0 Å². The van der Waals surface area contributed by atoms with Gasteiger partial charge in [-0.1, -0.05) is 25.9 Å². The summed E-state index contributed by atoms with van der Waals surface area (Å²) in [4.78, 5) is 2.12. The molecule has 0 radical (unpaired) electrons. The predicted molar refractivity (Wildman–Crippen MR) is 77.6 cm³/mol. The lowest BCUT2D eigenvalue weighted by Crippen LogP contribution is -2.44. The third-order valence-corrected chi connectivity index (χ3v) is 3.75. The molecule has 0 saturated carbocycles. The van der Waals surface area contributed by atoms with Gasteiger partial charge in [0.2, 0.25) is 5.89 Å². The van der Waals surface area contributed by atoms with Crippen LogP contribution in [0.4, 0.5) is 6.01 Å². The van der Waals surface area contributed by atoms with Gasteiger partial charge in [0.1, 0.15) is 0 Å². The number of ether oxygens (including phenoxy) is 1. The summed E-state index contributed by atoms with van der Waals surface area (Å²) in [5, 5.41) is 11.5. The van der Waals surface area contributed by atoms with Crippen LogP contribution in [0.25, 0.3) is 0 Å². The Morgan fingerprint density at radius 2 is 2.25 bits per heavy atom. The van der Waals surface area contributed by atoms with Crippen LogP contribution < -0.4 is 10.2 Å². The number of methoxy groups -OCH3 is 1. The van der Waals surface area contributed by atoms with Gasteiger partial charge in [0.05, 0.1) is 12.6 Å². The number of anilines is 1. The first-order valence-electron chi connectivity index (χ1n) is 7.41. The van der Waals surface area contributed by atoms with Crippen LogP contribution in [-0.4, -0.2) is 43.0 Å². The number of nitrogens with one attached hydrogen (secondary N) is 1. The Morgan fingerprint density at radius 3 is 2.95 bits per heavy atom. The zero-order valence-corrected chi connectivity index (χ0v) is 12.9. The second-order valence-electron chi connectivity index (χ2n) is 5.99. The number of rotatable bonds is 6. The van der Waals surface area contributed by atoms with Crippen molar-refractivity contribution >= 4 is 6.01 Å². The van der Waals surface area contributed by atoms with Crippen LogP contribution in [-0.2, 0) is 11.3 Å². The van der Waals surface area contributed by atoms with Crippen LogP contribution in [0.5, 0.6) is 0 Å². The van der Waals surface area contributed by atoms with Crippen LogP contribution in [0, 0.1) is 11.8 Å². The lowest BCUT2D eigenvalue weighted by molar-refractivity contribution is 0.0485. The zero-order chi connectivity index (χ0) is 14.5. The summed E-state index contributed by atoms with van der Waals surface area (Å²) < 4.78 is 11.2. The van der Waals surface area contributed by atoms with Gasteiger partial charge < -0.3 is 19.4 Å². The van der Waals surface area contributed by atoms with Crippen LogP contribution in [0.2, 0.25) is 0 Å². The molecule has 1 fully saturated rings. The van der Waals surface area contributed by atoms with Crippen LogP contribution in [0.3, 0.4) is 0 Å². The molecule has 1 N–H and O–H groups in total. The molecule has 0 aliphatic carbocycles. The van der Waals surface area contributed by atoms with Gasteiger partial charge in [-0.3, -0.25) is 0 Å². The van der Waals surface area contributed by atoms with E-state index in [0.717, 1.165) is 26.1 Å². The lowest BCUT2D eigenvalue weighted by atomic mass is 9.96. The van der Waals surface area contributed by atoms with E-state index in [-0.39, 0.29) is 6.10 Å². The first-order valence-corrected chi connectivity index (χ1v) is 7.41. The molecule has 1 aliphatic heterocycles. The SMILES string of the molecule is COC1CN(c2nnc(CNCC(C)C)o2)CCC1C. The Morgan fingerprint density at radius 1 is 1.45 bits per heavy atom. The molecular weight excluding hydrogens is 256 g/mol. The molecule has 2 rings (SSSR count). The maximum Gasteiger partial charge on any atom is 0.318 e. The van der Waals surface area contributed by atoms with Crippen LogP contribution in [0.1, 0.15) is 33.1 Å². The molecule has 0 amide bonds. The van der Waals surface area contributed by atoms with E-state index >= 15 is 0 Å². The Bertz CT molecular complexity index is 408. The van der Waals surface area contributed by atoms with Gasteiger partial charge in [-0.25, -0.2) is 0 Å². The molecule has 6 nitrogen and oxygen atoms in total. The minimum Gasteiger partial charge on any atom is -0.407 e. The number of hydrogen-bond acceptors (Lipinski definition) is 6. The lowest BCUT2D eigenvalue weighted by Gasteiger charge is -2.34. The van der Waals surface area contributed by atoms with Crippen molar-refractivity contribution in [1.82, 2.24) is 15.5 Å². The van der Waals surface area contributed by atoms with Crippen molar-refractivity contribution in [3.05, 3.63) is 5.89 Å². The zero-order valence-electron chi connectivity index (χ0n) is 12.9. The molecule has 2 atom stereocenters. The predicted octanol–water partition coefficient (Wildman–Crippen LogP) is 1.68. The van der Waals surface area contributed by atoms with Gasteiger partial charge >= 0.3 is 6.01 Å². The summed E-state index contributed by atoms with van der Waals surface area (Å²) in [6.07, 6.45) is 1.32. The highest BCUT2D eigenvalue weighted by atomic mass is 16.5. The van der Waals surface area contributed by atoms with E-state index in [1.807, 2.05) is 0 Å². The quantitative estimate of drug-likeness (QED) is 0.856. The second kappa shape index (κ2) is 7.04. The van der Waals surface area contributed by atoms with E-state index in [9.17, 15) is 0 Å². The third-order valence-electron chi connectivity index (χ3n) is 3.75. The van der Waals surface area contributed by atoms with Crippen molar-refractivity contribution in [3.8, 4) is 0 Å². The highest BCUT2D eigenvalue weighted by Crippen LogP contribution is 2.23. The van der Waals surface area contributed by atoms with Crippen molar-refractivity contribution in [2.24, 2.45) is 11.8 Å². The third kappa shape index (κ3) is 3.93. The van der Waals surface area contributed by atoms with Crippen molar-refractivity contribution in [2.75, 3.05) is 31.6 Å². The van der Waals surface area contributed by atoms with Crippen molar-refractivity contribution < 1.29 is 9.15 Å². The Labute approximate surface area is 120 Å². The summed E-state index contributed by atoms with van der Waals surface area (Å²) in [6.45, 7) is 9.91. The van der Waals surface area contributed by atoms with Crippen LogP contribution in [0.15, 0.2) is 4.42 Å². The maximum atomic E-state index is 5.72. The molecule has 1 aromatic rings. The molecule has 1 saturated heterocycles.